The summed E-state index contributed by atoms with van der Waals surface area (Å²) in [6.45, 7) is 5.08. The van der Waals surface area contributed by atoms with Crippen LogP contribution in [0.4, 0.5) is 13.6 Å². The Kier molecular flexibility index (Phi) is 8.82. The summed E-state index contributed by atoms with van der Waals surface area (Å²) < 4.78 is 34.5. The number of rotatable bonds is 8. The van der Waals surface area contributed by atoms with Crippen LogP contribution in [0.1, 0.15) is 56.8 Å². The molecule has 1 amide bonds. The van der Waals surface area contributed by atoms with Crippen molar-refractivity contribution in [2.45, 2.75) is 51.2 Å². The first-order valence-electron chi connectivity index (χ1n) is 9.79. The Morgan fingerprint density at radius 2 is 1.94 bits per heavy atom. The van der Waals surface area contributed by atoms with E-state index in [0.717, 1.165) is 12.1 Å². The van der Waals surface area contributed by atoms with Gasteiger partial charge in [0.1, 0.15) is 10.2 Å². The molecule has 2 rings (SSSR count). The van der Waals surface area contributed by atoms with Gasteiger partial charge >= 0.3 is 12.1 Å². The first kappa shape index (κ1) is 25.4. The van der Waals surface area contributed by atoms with Crippen LogP contribution in [-0.4, -0.2) is 32.7 Å². The van der Waals surface area contributed by atoms with Crippen molar-refractivity contribution in [3.8, 4) is 0 Å². The zero-order valence-electron chi connectivity index (χ0n) is 17.8. The number of halogens is 3. The maximum Gasteiger partial charge on any atom is 0.408 e. The first-order chi connectivity index (χ1) is 15.0. The molecular weight excluding hydrogens is 488 g/mol. The molecule has 1 aromatic carbocycles. The van der Waals surface area contributed by atoms with Crippen molar-refractivity contribution in [2.75, 3.05) is 0 Å². The number of allylic oxidation sites excluding steroid dienone is 1. The van der Waals surface area contributed by atoms with Gasteiger partial charge in [0.15, 0.2) is 11.6 Å². The minimum atomic E-state index is -1.13. The molecule has 0 aliphatic heterocycles. The lowest BCUT2D eigenvalue weighted by molar-refractivity contribution is -0.131. The second-order valence-electron chi connectivity index (χ2n) is 7.92. The molecule has 0 saturated carbocycles. The molecule has 2 aromatic rings. The summed E-state index contributed by atoms with van der Waals surface area (Å²) in [5.41, 5.74) is -0.500. The molecule has 1 heterocycles. The second kappa shape index (κ2) is 11.1. The minimum Gasteiger partial charge on any atom is -0.478 e. The fourth-order valence-corrected chi connectivity index (χ4v) is 3.57. The lowest BCUT2D eigenvalue weighted by Gasteiger charge is -2.30. The number of ether oxygens (including phenoxy) is 1. The summed E-state index contributed by atoms with van der Waals surface area (Å²) in [4.78, 5) is 31.8. The molecule has 0 aliphatic rings. The number of nitrogens with one attached hydrogen (secondary N) is 1. The average molecular weight is 512 g/mol. The molecule has 1 aromatic heterocycles. The Balaban J connectivity index is 2.53. The van der Waals surface area contributed by atoms with Crippen molar-refractivity contribution in [3.05, 3.63) is 70.2 Å². The van der Waals surface area contributed by atoms with Crippen LogP contribution in [0.5, 0.6) is 0 Å². The van der Waals surface area contributed by atoms with Crippen molar-refractivity contribution in [1.82, 2.24) is 15.3 Å². The summed E-state index contributed by atoms with van der Waals surface area (Å²) in [5.74, 6) is -4.04. The Morgan fingerprint density at radius 1 is 1.25 bits per heavy atom. The molecule has 0 fully saturated rings. The molecule has 0 saturated heterocycles. The van der Waals surface area contributed by atoms with Crippen LogP contribution in [0.15, 0.2) is 47.3 Å². The van der Waals surface area contributed by atoms with Crippen molar-refractivity contribution < 1.29 is 28.2 Å². The highest BCUT2D eigenvalue weighted by Crippen LogP contribution is 2.38. The number of alkyl carbamates (subject to hydrolysis) is 1. The third kappa shape index (κ3) is 7.37. The van der Waals surface area contributed by atoms with Crippen LogP contribution in [0.3, 0.4) is 0 Å². The summed E-state index contributed by atoms with van der Waals surface area (Å²) in [7, 11) is 0. The predicted octanol–water partition coefficient (Wildman–Crippen LogP) is 5.29. The molecule has 0 aliphatic carbocycles. The highest BCUT2D eigenvalue weighted by atomic mass is 79.9. The maximum atomic E-state index is 14.8. The SMILES string of the molecule is CC(C)(C)OC(=O)NC(c1nccnc1Br)C(CC/C=C/C(=O)O)c1cccc(F)c1F. The van der Waals surface area contributed by atoms with Crippen LogP contribution in [0.2, 0.25) is 0 Å². The van der Waals surface area contributed by atoms with Crippen molar-refractivity contribution in [1.29, 1.82) is 0 Å². The minimum absolute atomic E-state index is 0.00679. The van der Waals surface area contributed by atoms with Gasteiger partial charge in [-0.25, -0.2) is 23.4 Å². The smallest absolute Gasteiger partial charge is 0.408 e. The van der Waals surface area contributed by atoms with Crippen molar-refractivity contribution in [2.24, 2.45) is 0 Å². The number of hydrogen-bond donors (Lipinski definition) is 2. The van der Waals surface area contributed by atoms with Crippen molar-refractivity contribution >= 4 is 28.0 Å². The summed E-state index contributed by atoms with van der Waals surface area (Å²) in [5, 5.41) is 11.5. The van der Waals surface area contributed by atoms with Gasteiger partial charge in [0, 0.05) is 24.4 Å². The summed E-state index contributed by atoms with van der Waals surface area (Å²) in [6.07, 6.45) is 4.84. The lowest BCUT2D eigenvalue weighted by Crippen LogP contribution is -2.38. The van der Waals surface area contributed by atoms with Gasteiger partial charge in [-0.1, -0.05) is 18.2 Å². The molecular formula is C22H24BrF2N3O4. The summed E-state index contributed by atoms with van der Waals surface area (Å²) >= 11 is 3.30. The van der Waals surface area contributed by atoms with E-state index >= 15 is 0 Å². The van der Waals surface area contributed by atoms with Crippen LogP contribution >= 0.6 is 15.9 Å². The molecule has 0 radical (unpaired) electrons. The fraction of sp³-hybridized carbons (Fsp3) is 0.364. The highest BCUT2D eigenvalue weighted by Gasteiger charge is 2.33. The van der Waals surface area contributed by atoms with Crippen LogP contribution < -0.4 is 5.32 Å². The van der Waals surface area contributed by atoms with Crippen LogP contribution in [-0.2, 0) is 9.53 Å². The lowest BCUT2D eigenvalue weighted by atomic mass is 9.85. The Labute approximate surface area is 193 Å². The average Bonchev–Trinajstić information content (AvgIpc) is 2.68. The largest absolute Gasteiger partial charge is 0.478 e. The van der Waals surface area contributed by atoms with Gasteiger partial charge in [-0.3, -0.25) is 4.98 Å². The number of carbonyl (C=O) groups is 2. The highest BCUT2D eigenvalue weighted by molar-refractivity contribution is 9.10. The van der Waals surface area contributed by atoms with Gasteiger partial charge in [-0.05, 0) is 61.2 Å². The quantitative estimate of drug-likeness (QED) is 0.467. The number of carbonyl (C=O) groups excluding carboxylic acids is 1. The Morgan fingerprint density at radius 3 is 2.56 bits per heavy atom. The van der Waals surface area contributed by atoms with E-state index in [1.54, 1.807) is 20.8 Å². The number of aliphatic carboxylic acids is 1. The van der Waals surface area contributed by atoms with E-state index in [1.807, 2.05) is 0 Å². The fourth-order valence-electron chi connectivity index (χ4n) is 3.10. The topological polar surface area (TPSA) is 101 Å². The molecule has 2 N–H and O–H groups in total. The number of amides is 1. The first-order valence-corrected chi connectivity index (χ1v) is 10.6. The molecule has 32 heavy (non-hydrogen) atoms. The zero-order valence-corrected chi connectivity index (χ0v) is 19.4. The Bertz CT molecular complexity index is 995. The van der Waals surface area contributed by atoms with E-state index in [1.165, 1.54) is 30.6 Å². The molecule has 2 unspecified atom stereocenters. The molecule has 172 valence electrons. The van der Waals surface area contributed by atoms with Crippen molar-refractivity contribution in [3.63, 3.8) is 0 Å². The zero-order chi connectivity index (χ0) is 23.9. The third-order valence-electron chi connectivity index (χ3n) is 4.33. The molecule has 0 bridgehead atoms. The van der Waals surface area contributed by atoms with E-state index in [9.17, 15) is 18.4 Å². The number of aromatic nitrogens is 2. The normalized spacial score (nSPS) is 13.6. The summed E-state index contributed by atoms with van der Waals surface area (Å²) in [6, 6.07) is 2.82. The number of carboxylic acid groups (broad SMARTS) is 1. The number of nitrogens with zero attached hydrogens (tertiary/aromatic N) is 2. The van der Waals surface area contributed by atoms with E-state index in [4.69, 9.17) is 9.84 Å². The standard InChI is InChI=1S/C22H24BrF2N3O4/c1-22(2,3)32-21(31)28-18(19-20(23)27-12-11-26-19)14(7-4-5-10-16(29)30)13-8-6-9-15(24)17(13)25/h5-6,8-12,14,18H,4,7H2,1-3H3,(H,28,31)(H,29,30)/b10-5+. The monoisotopic (exact) mass is 511 g/mol. The molecule has 0 spiro atoms. The number of benzene rings is 1. The van der Waals surface area contributed by atoms with Gasteiger partial charge in [0.05, 0.1) is 11.7 Å². The van der Waals surface area contributed by atoms with Gasteiger partial charge in [0.2, 0.25) is 0 Å². The van der Waals surface area contributed by atoms with E-state index in [0.29, 0.717) is 4.60 Å². The van der Waals surface area contributed by atoms with Gasteiger partial charge in [0.25, 0.3) is 0 Å². The number of hydrogen-bond acceptors (Lipinski definition) is 5. The van der Waals surface area contributed by atoms with E-state index in [-0.39, 0.29) is 24.1 Å². The predicted molar refractivity (Wildman–Crippen MR) is 117 cm³/mol. The maximum absolute atomic E-state index is 14.8. The van der Waals surface area contributed by atoms with E-state index in [2.05, 4.69) is 31.2 Å². The molecule has 2 atom stereocenters. The number of carboxylic acids is 1. The van der Waals surface area contributed by atoms with Gasteiger partial charge in [-0.15, -0.1) is 0 Å². The van der Waals surface area contributed by atoms with Gasteiger partial charge < -0.3 is 15.2 Å². The van der Waals surface area contributed by atoms with Gasteiger partial charge in [-0.2, -0.15) is 0 Å². The van der Waals surface area contributed by atoms with Crippen LogP contribution in [0, 0.1) is 11.6 Å². The second-order valence-corrected chi connectivity index (χ2v) is 8.67. The Hall–Kier alpha value is -2.88. The molecule has 7 nitrogen and oxygen atoms in total. The van der Waals surface area contributed by atoms with E-state index < -0.39 is 41.3 Å². The third-order valence-corrected chi connectivity index (χ3v) is 4.95. The molecule has 10 heteroatoms. The van der Waals surface area contributed by atoms with Crippen LogP contribution in [0.25, 0.3) is 0 Å².